The molecule has 26 heavy (non-hydrogen) atoms. The van der Waals surface area contributed by atoms with Crippen LogP contribution in [0.15, 0.2) is 23.2 Å². The molecule has 6 nitrogen and oxygen atoms in total. The van der Waals surface area contributed by atoms with Gasteiger partial charge in [0.05, 0.1) is 13.2 Å². The van der Waals surface area contributed by atoms with Gasteiger partial charge < -0.3 is 24.8 Å². The summed E-state index contributed by atoms with van der Waals surface area (Å²) in [6.45, 7) is 5.98. The summed E-state index contributed by atoms with van der Waals surface area (Å²) < 4.78 is 16.9. The van der Waals surface area contributed by atoms with Gasteiger partial charge in [-0.25, -0.2) is 0 Å². The lowest BCUT2D eigenvalue weighted by atomic mass is 10.0. The number of nitrogens with one attached hydrogen (secondary N) is 2. The van der Waals surface area contributed by atoms with E-state index in [-0.39, 0.29) is 24.0 Å². The predicted molar refractivity (Wildman–Crippen MR) is 115 cm³/mol. The number of halogens is 1. The number of fused-ring (bicyclic) bond motifs is 1. The zero-order valence-electron chi connectivity index (χ0n) is 15.7. The monoisotopic (exact) mass is 475 g/mol. The fourth-order valence-electron chi connectivity index (χ4n) is 2.95. The van der Waals surface area contributed by atoms with Crippen LogP contribution in [-0.4, -0.2) is 46.0 Å². The molecule has 0 spiro atoms. The van der Waals surface area contributed by atoms with Crippen LogP contribution in [0.2, 0.25) is 0 Å². The van der Waals surface area contributed by atoms with E-state index < -0.39 is 0 Å². The van der Waals surface area contributed by atoms with Crippen LogP contribution in [0.25, 0.3) is 0 Å². The second-order valence-electron chi connectivity index (χ2n) is 6.71. The molecule has 0 amide bonds. The zero-order valence-corrected chi connectivity index (χ0v) is 18.0. The van der Waals surface area contributed by atoms with Gasteiger partial charge in [0.25, 0.3) is 0 Å². The van der Waals surface area contributed by atoms with Crippen molar-refractivity contribution in [3.8, 4) is 11.5 Å². The average molecular weight is 475 g/mol. The van der Waals surface area contributed by atoms with Gasteiger partial charge in [-0.15, -0.1) is 24.0 Å². The smallest absolute Gasteiger partial charge is 0.195 e. The van der Waals surface area contributed by atoms with Crippen molar-refractivity contribution in [2.45, 2.75) is 32.6 Å². The van der Waals surface area contributed by atoms with Gasteiger partial charge in [0.15, 0.2) is 17.5 Å². The Kier molecular flexibility index (Phi) is 8.27. The minimum Gasteiger partial charge on any atom is -0.490 e. The van der Waals surface area contributed by atoms with Crippen LogP contribution in [0.4, 0.5) is 5.69 Å². The molecule has 1 aliphatic carbocycles. The van der Waals surface area contributed by atoms with Crippen LogP contribution in [0.1, 0.15) is 32.6 Å². The highest BCUT2D eigenvalue weighted by Crippen LogP contribution is 2.48. The maximum absolute atomic E-state index is 5.74. The van der Waals surface area contributed by atoms with E-state index in [0.717, 1.165) is 55.7 Å². The molecule has 0 saturated heterocycles. The molecule has 7 heteroatoms. The van der Waals surface area contributed by atoms with Gasteiger partial charge in [-0.05, 0) is 43.7 Å². The molecule has 1 aromatic rings. The highest BCUT2D eigenvalue weighted by Gasteiger charge is 2.41. The minimum absolute atomic E-state index is 0. The Morgan fingerprint density at radius 3 is 2.69 bits per heavy atom. The van der Waals surface area contributed by atoms with Gasteiger partial charge in [0.1, 0.15) is 0 Å². The lowest BCUT2D eigenvalue weighted by Crippen LogP contribution is -2.35. The molecule has 1 heterocycles. The fraction of sp³-hybridized carbons (Fsp3) is 0.632. The summed E-state index contributed by atoms with van der Waals surface area (Å²) in [6, 6.07) is 5.90. The lowest BCUT2D eigenvalue weighted by molar-refractivity contribution is 0.128. The van der Waals surface area contributed by atoms with Gasteiger partial charge in [-0.2, -0.15) is 0 Å². The molecule has 2 N–H and O–H groups in total. The summed E-state index contributed by atoms with van der Waals surface area (Å²) in [5.41, 5.74) is 1.31. The standard InChI is InChI=1S/C19H29N3O3.HI/c1-3-23-12-9-19(7-8-19)14-21-18(20-2)22-15-5-6-16-17(13-15)25-11-4-10-24-16;/h5-6,13H,3-4,7-12,14H2,1-2H3,(H2,20,21,22);1H. The summed E-state index contributed by atoms with van der Waals surface area (Å²) in [7, 11) is 1.79. The molecule has 0 aromatic heterocycles. The van der Waals surface area contributed by atoms with Crippen molar-refractivity contribution < 1.29 is 14.2 Å². The van der Waals surface area contributed by atoms with Crippen LogP contribution in [0, 0.1) is 5.41 Å². The third-order valence-corrected chi connectivity index (χ3v) is 4.80. The fourth-order valence-corrected chi connectivity index (χ4v) is 2.95. The van der Waals surface area contributed by atoms with E-state index in [4.69, 9.17) is 14.2 Å². The topological polar surface area (TPSA) is 64.1 Å². The molecule has 2 aliphatic rings. The highest BCUT2D eigenvalue weighted by molar-refractivity contribution is 14.0. The molecular formula is C19H30IN3O3. The van der Waals surface area contributed by atoms with Crippen molar-refractivity contribution in [1.82, 2.24) is 5.32 Å². The summed E-state index contributed by atoms with van der Waals surface area (Å²) in [4.78, 5) is 4.33. The summed E-state index contributed by atoms with van der Waals surface area (Å²) in [5, 5.41) is 6.79. The number of hydrogen-bond donors (Lipinski definition) is 2. The largest absolute Gasteiger partial charge is 0.490 e. The summed E-state index contributed by atoms with van der Waals surface area (Å²) >= 11 is 0. The number of benzene rings is 1. The number of rotatable bonds is 7. The van der Waals surface area contributed by atoms with E-state index >= 15 is 0 Å². The molecular weight excluding hydrogens is 445 g/mol. The quantitative estimate of drug-likeness (QED) is 0.273. The summed E-state index contributed by atoms with van der Waals surface area (Å²) in [6.07, 6.45) is 4.53. The molecule has 1 aliphatic heterocycles. The third kappa shape index (κ3) is 5.90. The third-order valence-electron chi connectivity index (χ3n) is 4.80. The van der Waals surface area contributed by atoms with Crippen molar-refractivity contribution in [2.24, 2.45) is 10.4 Å². The van der Waals surface area contributed by atoms with Gasteiger partial charge in [0, 0.05) is 45.0 Å². The molecule has 146 valence electrons. The molecule has 1 saturated carbocycles. The number of nitrogens with zero attached hydrogens (tertiary/aromatic N) is 1. The Balaban J connectivity index is 0.00000243. The minimum atomic E-state index is 0. The van der Waals surface area contributed by atoms with Crippen molar-refractivity contribution in [2.75, 3.05) is 45.3 Å². The van der Waals surface area contributed by atoms with Crippen LogP contribution < -0.4 is 20.1 Å². The van der Waals surface area contributed by atoms with E-state index in [9.17, 15) is 0 Å². The van der Waals surface area contributed by atoms with Crippen LogP contribution in [-0.2, 0) is 4.74 Å². The van der Waals surface area contributed by atoms with Crippen molar-refractivity contribution >= 4 is 35.6 Å². The first-order chi connectivity index (χ1) is 12.2. The Labute approximate surface area is 173 Å². The van der Waals surface area contributed by atoms with E-state index in [1.54, 1.807) is 7.05 Å². The van der Waals surface area contributed by atoms with Crippen molar-refractivity contribution in [3.05, 3.63) is 18.2 Å². The Hall–Kier alpha value is -1.22. The van der Waals surface area contributed by atoms with E-state index in [2.05, 4.69) is 15.6 Å². The van der Waals surface area contributed by atoms with Gasteiger partial charge in [-0.1, -0.05) is 0 Å². The number of ether oxygens (including phenoxy) is 3. The first-order valence-electron chi connectivity index (χ1n) is 9.20. The number of anilines is 1. The molecule has 0 bridgehead atoms. The Morgan fingerprint density at radius 1 is 1.23 bits per heavy atom. The predicted octanol–water partition coefficient (Wildman–Crippen LogP) is 3.66. The van der Waals surface area contributed by atoms with E-state index in [1.807, 2.05) is 25.1 Å². The molecule has 1 fully saturated rings. The summed E-state index contributed by atoms with van der Waals surface area (Å²) in [5.74, 6) is 2.37. The van der Waals surface area contributed by atoms with E-state index in [1.165, 1.54) is 12.8 Å². The zero-order chi connectivity index (χ0) is 17.5. The Morgan fingerprint density at radius 2 is 2.00 bits per heavy atom. The maximum Gasteiger partial charge on any atom is 0.195 e. The van der Waals surface area contributed by atoms with Crippen molar-refractivity contribution in [3.63, 3.8) is 0 Å². The highest BCUT2D eigenvalue weighted by atomic mass is 127. The molecule has 1 aromatic carbocycles. The van der Waals surface area contributed by atoms with E-state index in [0.29, 0.717) is 18.6 Å². The van der Waals surface area contributed by atoms with Gasteiger partial charge >= 0.3 is 0 Å². The van der Waals surface area contributed by atoms with Gasteiger partial charge in [0.2, 0.25) is 0 Å². The lowest BCUT2D eigenvalue weighted by Gasteiger charge is -2.19. The Bertz CT molecular complexity index is 606. The molecule has 0 atom stereocenters. The second-order valence-corrected chi connectivity index (χ2v) is 6.71. The number of guanidine groups is 1. The van der Waals surface area contributed by atoms with Crippen LogP contribution in [0.3, 0.4) is 0 Å². The van der Waals surface area contributed by atoms with Gasteiger partial charge in [-0.3, -0.25) is 4.99 Å². The molecule has 0 radical (unpaired) electrons. The van der Waals surface area contributed by atoms with Crippen molar-refractivity contribution in [1.29, 1.82) is 0 Å². The first-order valence-corrected chi connectivity index (χ1v) is 9.20. The number of aliphatic imine (C=N–C) groups is 1. The SMILES string of the molecule is CCOCCC1(CNC(=NC)Nc2ccc3c(c2)OCCCO3)CC1.I. The maximum atomic E-state index is 5.74. The molecule has 3 rings (SSSR count). The van der Waals surface area contributed by atoms with Crippen LogP contribution in [0.5, 0.6) is 11.5 Å². The molecule has 0 unspecified atom stereocenters. The second kappa shape index (κ2) is 10.2. The first kappa shape index (κ1) is 21.1. The average Bonchev–Trinajstić information content (AvgIpc) is 3.42. The normalized spacial score (nSPS) is 17.7. The number of hydrogen-bond acceptors (Lipinski definition) is 4. The van der Waals surface area contributed by atoms with Crippen LogP contribution >= 0.6 is 24.0 Å².